The van der Waals surface area contributed by atoms with Crippen molar-refractivity contribution in [1.29, 1.82) is 0 Å². The lowest BCUT2D eigenvalue weighted by Crippen LogP contribution is -2.35. The highest BCUT2D eigenvalue weighted by atomic mass is 16.6. The topological polar surface area (TPSA) is 57.6 Å². The minimum absolute atomic E-state index is 0.250. The molecular weight excluding hydrogens is 170 g/mol. The van der Waals surface area contributed by atoms with Gasteiger partial charge in [0.2, 0.25) is 0 Å². The highest BCUT2D eigenvalue weighted by Crippen LogP contribution is 2.14. The van der Waals surface area contributed by atoms with Crippen molar-refractivity contribution in [3.05, 3.63) is 23.7 Å². The van der Waals surface area contributed by atoms with Gasteiger partial charge in [-0.2, -0.15) is 0 Å². The van der Waals surface area contributed by atoms with Crippen molar-refractivity contribution in [1.82, 2.24) is 0 Å². The van der Waals surface area contributed by atoms with Gasteiger partial charge in [0.1, 0.15) is 11.9 Å². The molecule has 1 aromatic heterocycles. The molecular formula is C9H13NO3. The molecule has 2 N–H and O–H groups in total. The zero-order valence-corrected chi connectivity index (χ0v) is 7.36. The van der Waals surface area contributed by atoms with Gasteiger partial charge in [0.15, 0.2) is 0 Å². The smallest absolute Gasteiger partial charge is 0.122 e. The van der Waals surface area contributed by atoms with E-state index < -0.39 is 0 Å². The van der Waals surface area contributed by atoms with Gasteiger partial charge >= 0.3 is 0 Å². The van der Waals surface area contributed by atoms with Crippen LogP contribution in [0.25, 0.3) is 0 Å². The molecule has 0 radical (unpaired) electrons. The molecule has 4 nitrogen and oxygen atoms in total. The van der Waals surface area contributed by atoms with E-state index in [2.05, 4.69) is 0 Å². The minimum atomic E-state index is 0.250. The van der Waals surface area contributed by atoms with Crippen LogP contribution in [0.15, 0.2) is 16.7 Å². The molecule has 4 heteroatoms. The molecule has 0 aromatic carbocycles. The number of furan rings is 1. The van der Waals surface area contributed by atoms with E-state index in [1.165, 1.54) is 0 Å². The van der Waals surface area contributed by atoms with Crippen LogP contribution >= 0.6 is 0 Å². The molecule has 1 fully saturated rings. The molecule has 2 rings (SSSR count). The highest BCUT2D eigenvalue weighted by molar-refractivity contribution is 5.15. The van der Waals surface area contributed by atoms with Crippen molar-refractivity contribution in [3.8, 4) is 0 Å². The molecule has 0 saturated carbocycles. The summed E-state index contributed by atoms with van der Waals surface area (Å²) in [5.41, 5.74) is 6.51. The van der Waals surface area contributed by atoms with Gasteiger partial charge in [-0.3, -0.25) is 0 Å². The van der Waals surface area contributed by atoms with Crippen LogP contribution in [0, 0.1) is 0 Å². The lowest BCUT2D eigenvalue weighted by molar-refractivity contribution is -0.135. The lowest BCUT2D eigenvalue weighted by atomic mass is 10.2. The average molecular weight is 183 g/mol. The summed E-state index contributed by atoms with van der Waals surface area (Å²) in [5.74, 6) is 0.806. The first-order valence-corrected chi connectivity index (χ1v) is 4.35. The number of ether oxygens (including phenoxy) is 2. The predicted molar refractivity (Wildman–Crippen MR) is 46.0 cm³/mol. The normalized spacial score (nSPS) is 17.3. The maximum Gasteiger partial charge on any atom is 0.122 e. The Bertz CT molecular complexity index is 268. The van der Waals surface area contributed by atoms with Crippen molar-refractivity contribution in [2.24, 2.45) is 5.73 Å². The maximum absolute atomic E-state index is 5.52. The van der Waals surface area contributed by atoms with Gasteiger partial charge in [0.25, 0.3) is 0 Å². The Morgan fingerprint density at radius 2 is 2.38 bits per heavy atom. The van der Waals surface area contributed by atoms with E-state index in [1.807, 2.05) is 6.07 Å². The molecule has 0 unspecified atom stereocenters. The first kappa shape index (κ1) is 8.74. The van der Waals surface area contributed by atoms with E-state index in [0.29, 0.717) is 26.4 Å². The van der Waals surface area contributed by atoms with Crippen LogP contribution in [0.4, 0.5) is 0 Å². The first-order chi connectivity index (χ1) is 6.40. The van der Waals surface area contributed by atoms with Crippen LogP contribution in [-0.2, 0) is 22.6 Å². The molecule has 72 valence electrons. The van der Waals surface area contributed by atoms with Crippen molar-refractivity contribution in [2.75, 3.05) is 13.2 Å². The third kappa shape index (κ3) is 1.91. The molecule has 0 amide bonds. The summed E-state index contributed by atoms with van der Waals surface area (Å²) in [7, 11) is 0. The molecule has 1 aliphatic heterocycles. The first-order valence-electron chi connectivity index (χ1n) is 4.35. The molecule has 0 bridgehead atoms. The number of hydrogen-bond acceptors (Lipinski definition) is 4. The molecule has 0 spiro atoms. The van der Waals surface area contributed by atoms with Crippen LogP contribution in [0.5, 0.6) is 0 Å². The Hall–Kier alpha value is -0.840. The standard InChI is InChI=1S/C9H13NO3/c10-3-9-7(1-2-12-9)4-13-8-5-11-6-8/h1-2,8H,3-6,10H2. The molecule has 1 aromatic rings. The van der Waals surface area contributed by atoms with E-state index in [1.54, 1.807) is 6.26 Å². The molecule has 13 heavy (non-hydrogen) atoms. The second-order valence-electron chi connectivity index (χ2n) is 3.04. The van der Waals surface area contributed by atoms with E-state index in [9.17, 15) is 0 Å². The third-order valence-corrected chi connectivity index (χ3v) is 2.11. The summed E-state index contributed by atoms with van der Waals surface area (Å²) < 4.78 is 15.7. The van der Waals surface area contributed by atoms with Crippen LogP contribution in [-0.4, -0.2) is 19.3 Å². The molecule has 2 heterocycles. The Balaban J connectivity index is 1.85. The monoisotopic (exact) mass is 183 g/mol. The summed E-state index contributed by atoms with van der Waals surface area (Å²) in [6.45, 7) is 2.40. The Morgan fingerprint density at radius 1 is 1.54 bits per heavy atom. The highest BCUT2D eigenvalue weighted by Gasteiger charge is 2.19. The third-order valence-electron chi connectivity index (χ3n) is 2.11. The number of nitrogens with two attached hydrogens (primary N) is 1. The van der Waals surface area contributed by atoms with Gasteiger partial charge in [-0.25, -0.2) is 0 Å². The van der Waals surface area contributed by atoms with Gasteiger partial charge in [-0.05, 0) is 6.07 Å². The summed E-state index contributed by atoms with van der Waals surface area (Å²) in [6, 6.07) is 1.89. The summed E-state index contributed by atoms with van der Waals surface area (Å²) in [5, 5.41) is 0. The minimum Gasteiger partial charge on any atom is -0.468 e. The Labute approximate surface area is 76.6 Å². The van der Waals surface area contributed by atoms with Gasteiger partial charge < -0.3 is 19.6 Å². The second kappa shape index (κ2) is 3.91. The van der Waals surface area contributed by atoms with E-state index in [-0.39, 0.29) is 6.10 Å². The Kier molecular flexibility index (Phi) is 2.63. The fourth-order valence-electron chi connectivity index (χ4n) is 1.19. The zero-order valence-electron chi connectivity index (χ0n) is 7.36. The van der Waals surface area contributed by atoms with Crippen LogP contribution in [0.2, 0.25) is 0 Å². The second-order valence-corrected chi connectivity index (χ2v) is 3.04. The molecule has 1 aliphatic rings. The van der Waals surface area contributed by atoms with Gasteiger partial charge in [0.05, 0.1) is 32.6 Å². The molecule has 0 aliphatic carbocycles. The van der Waals surface area contributed by atoms with Crippen LogP contribution in [0.1, 0.15) is 11.3 Å². The van der Waals surface area contributed by atoms with E-state index in [0.717, 1.165) is 11.3 Å². The summed E-state index contributed by atoms with van der Waals surface area (Å²) in [6.07, 6.45) is 1.89. The van der Waals surface area contributed by atoms with Crippen LogP contribution in [0.3, 0.4) is 0 Å². The van der Waals surface area contributed by atoms with E-state index in [4.69, 9.17) is 19.6 Å². The van der Waals surface area contributed by atoms with Crippen molar-refractivity contribution in [2.45, 2.75) is 19.3 Å². The van der Waals surface area contributed by atoms with Crippen molar-refractivity contribution < 1.29 is 13.9 Å². The SMILES string of the molecule is NCc1occc1COC1COC1. The molecule has 1 saturated heterocycles. The van der Waals surface area contributed by atoms with E-state index >= 15 is 0 Å². The summed E-state index contributed by atoms with van der Waals surface area (Å²) in [4.78, 5) is 0. The largest absolute Gasteiger partial charge is 0.468 e. The zero-order chi connectivity index (χ0) is 9.10. The summed E-state index contributed by atoms with van der Waals surface area (Å²) >= 11 is 0. The Morgan fingerprint density at radius 3 is 3.00 bits per heavy atom. The molecule has 0 atom stereocenters. The quantitative estimate of drug-likeness (QED) is 0.744. The van der Waals surface area contributed by atoms with Crippen molar-refractivity contribution in [3.63, 3.8) is 0 Å². The van der Waals surface area contributed by atoms with Gasteiger partial charge in [-0.15, -0.1) is 0 Å². The fraction of sp³-hybridized carbons (Fsp3) is 0.556. The maximum atomic E-state index is 5.52. The number of hydrogen-bond donors (Lipinski definition) is 1. The van der Waals surface area contributed by atoms with Crippen LogP contribution < -0.4 is 5.73 Å². The number of rotatable bonds is 4. The predicted octanol–water partition coefficient (Wildman–Crippen LogP) is 0.654. The van der Waals surface area contributed by atoms with Gasteiger partial charge in [0, 0.05) is 5.56 Å². The lowest BCUT2D eigenvalue weighted by Gasteiger charge is -2.25. The average Bonchev–Trinajstić information content (AvgIpc) is 2.49. The van der Waals surface area contributed by atoms with Crippen molar-refractivity contribution >= 4 is 0 Å². The fourth-order valence-corrected chi connectivity index (χ4v) is 1.19. The van der Waals surface area contributed by atoms with Gasteiger partial charge in [-0.1, -0.05) is 0 Å².